The van der Waals surface area contributed by atoms with Gasteiger partial charge in [-0.15, -0.1) is 10.2 Å². The fraction of sp³-hybridized carbons (Fsp3) is 0.579. The van der Waals surface area contributed by atoms with E-state index in [-0.39, 0.29) is 0 Å². The first-order chi connectivity index (χ1) is 12.7. The van der Waals surface area contributed by atoms with Crippen molar-refractivity contribution in [3.63, 3.8) is 0 Å². The van der Waals surface area contributed by atoms with E-state index >= 15 is 0 Å². The fourth-order valence-corrected chi connectivity index (χ4v) is 4.32. The number of hydrogen-bond acceptors (Lipinski definition) is 5. The van der Waals surface area contributed by atoms with Crippen LogP contribution >= 0.6 is 11.8 Å². The number of aromatic nitrogens is 3. The van der Waals surface area contributed by atoms with E-state index in [9.17, 15) is 0 Å². The quantitative estimate of drug-likeness (QED) is 0.685. The van der Waals surface area contributed by atoms with Crippen molar-refractivity contribution in [3.8, 4) is 0 Å². The van der Waals surface area contributed by atoms with Crippen molar-refractivity contribution in [1.82, 2.24) is 14.8 Å². The van der Waals surface area contributed by atoms with Crippen LogP contribution in [0.4, 0.5) is 5.69 Å². The maximum absolute atomic E-state index is 5.42. The van der Waals surface area contributed by atoms with Gasteiger partial charge in [-0.1, -0.05) is 29.5 Å². The van der Waals surface area contributed by atoms with Crippen LogP contribution in [0.1, 0.15) is 23.9 Å². The number of thioether (sulfide) groups is 1. The summed E-state index contributed by atoms with van der Waals surface area (Å²) in [6, 6.07) is 6.47. The van der Waals surface area contributed by atoms with E-state index in [1.165, 1.54) is 11.1 Å². The van der Waals surface area contributed by atoms with Gasteiger partial charge >= 0.3 is 0 Å². The van der Waals surface area contributed by atoms with Gasteiger partial charge in [-0.05, 0) is 32.4 Å². The highest BCUT2D eigenvalue weighted by atomic mass is 32.2. The van der Waals surface area contributed by atoms with Gasteiger partial charge in [-0.25, -0.2) is 0 Å². The minimum Gasteiger partial charge on any atom is -0.378 e. The largest absolute Gasteiger partial charge is 0.378 e. The van der Waals surface area contributed by atoms with E-state index in [0.717, 1.165) is 61.8 Å². The maximum atomic E-state index is 5.42. The Morgan fingerprint density at radius 2 is 2.04 bits per heavy atom. The van der Waals surface area contributed by atoms with Gasteiger partial charge in [0.25, 0.3) is 0 Å². The molecule has 0 unspecified atom stereocenters. The second-order valence-electron chi connectivity index (χ2n) is 6.78. The molecular formula is C19H30N5OS+. The molecule has 1 aliphatic rings. The highest BCUT2D eigenvalue weighted by Crippen LogP contribution is 2.19. The second-order valence-corrected chi connectivity index (χ2v) is 7.84. The topological polar surface area (TPSA) is 56.4 Å². The Hall–Kier alpha value is -1.57. The fourth-order valence-electron chi connectivity index (χ4n) is 3.26. The van der Waals surface area contributed by atoms with Gasteiger partial charge in [0.05, 0.1) is 32.1 Å². The summed E-state index contributed by atoms with van der Waals surface area (Å²) in [5.74, 6) is 2.06. The number of hydrogen-bond donors (Lipinski definition) is 2. The number of rotatable bonds is 8. The molecule has 0 spiro atoms. The summed E-state index contributed by atoms with van der Waals surface area (Å²) in [6.45, 7) is 13.2. The molecular weight excluding hydrogens is 346 g/mol. The van der Waals surface area contributed by atoms with E-state index in [1.807, 2.05) is 11.8 Å². The number of anilines is 1. The van der Waals surface area contributed by atoms with E-state index in [0.29, 0.717) is 6.54 Å². The molecule has 3 rings (SSSR count). The highest BCUT2D eigenvalue weighted by Gasteiger charge is 2.15. The lowest BCUT2D eigenvalue weighted by Crippen LogP contribution is -3.14. The van der Waals surface area contributed by atoms with Crippen LogP contribution in [0.25, 0.3) is 0 Å². The van der Waals surface area contributed by atoms with Crippen LogP contribution in [0.5, 0.6) is 0 Å². The van der Waals surface area contributed by atoms with Crippen molar-refractivity contribution < 1.29 is 9.64 Å². The van der Waals surface area contributed by atoms with Gasteiger partial charge in [0, 0.05) is 12.2 Å². The lowest BCUT2D eigenvalue weighted by molar-refractivity contribution is -0.905. The van der Waals surface area contributed by atoms with Gasteiger partial charge < -0.3 is 19.5 Å². The number of nitrogens with zero attached hydrogens (tertiary/aromatic N) is 3. The van der Waals surface area contributed by atoms with Crippen molar-refractivity contribution in [2.75, 3.05) is 43.9 Å². The molecule has 1 saturated heterocycles. The molecule has 0 radical (unpaired) electrons. The molecule has 0 atom stereocenters. The van der Waals surface area contributed by atoms with E-state index in [2.05, 4.69) is 59.1 Å². The van der Waals surface area contributed by atoms with Crippen LogP contribution in [0.15, 0.2) is 23.4 Å². The Morgan fingerprint density at radius 1 is 1.23 bits per heavy atom. The summed E-state index contributed by atoms with van der Waals surface area (Å²) in [4.78, 5) is 1.63. The summed E-state index contributed by atoms with van der Waals surface area (Å²) < 4.78 is 7.64. The van der Waals surface area contributed by atoms with Crippen molar-refractivity contribution in [1.29, 1.82) is 0 Å². The standard InChI is InChI=1S/C19H29N5OS/c1-4-24-18(14-20-17-6-5-15(2)13-16(17)3)21-22-19(24)26-12-9-23-7-10-25-11-8-23/h5-6,13,20H,4,7-12,14H2,1-3H3/p+1. The summed E-state index contributed by atoms with van der Waals surface area (Å²) in [6.07, 6.45) is 0. The number of aryl methyl sites for hydroxylation is 2. The van der Waals surface area contributed by atoms with Gasteiger partial charge in [0.1, 0.15) is 13.1 Å². The first-order valence-electron chi connectivity index (χ1n) is 9.44. The second kappa shape index (κ2) is 9.39. The molecule has 7 heteroatoms. The molecule has 1 fully saturated rings. The van der Waals surface area contributed by atoms with Gasteiger partial charge in [0.15, 0.2) is 11.0 Å². The normalized spacial score (nSPS) is 15.3. The first-order valence-corrected chi connectivity index (χ1v) is 10.4. The van der Waals surface area contributed by atoms with E-state index in [1.54, 1.807) is 4.90 Å². The number of nitrogens with one attached hydrogen (secondary N) is 2. The number of morpholine rings is 1. The van der Waals surface area contributed by atoms with Crippen LogP contribution < -0.4 is 10.2 Å². The third-order valence-corrected chi connectivity index (χ3v) is 5.78. The Labute approximate surface area is 160 Å². The van der Waals surface area contributed by atoms with Crippen molar-refractivity contribution in [2.24, 2.45) is 0 Å². The Bertz CT molecular complexity index is 712. The molecule has 142 valence electrons. The van der Waals surface area contributed by atoms with Crippen LogP contribution in [0, 0.1) is 13.8 Å². The summed E-state index contributed by atoms with van der Waals surface area (Å²) >= 11 is 1.81. The van der Waals surface area contributed by atoms with E-state index in [4.69, 9.17) is 4.74 Å². The summed E-state index contributed by atoms with van der Waals surface area (Å²) in [5, 5.41) is 13.4. The average Bonchev–Trinajstić information content (AvgIpc) is 3.04. The van der Waals surface area contributed by atoms with Crippen molar-refractivity contribution in [2.45, 2.75) is 39.0 Å². The van der Waals surface area contributed by atoms with Crippen LogP contribution in [0.3, 0.4) is 0 Å². The Balaban J connectivity index is 1.55. The molecule has 6 nitrogen and oxygen atoms in total. The zero-order valence-corrected chi connectivity index (χ0v) is 16.9. The predicted molar refractivity (Wildman–Crippen MR) is 106 cm³/mol. The molecule has 1 aromatic heterocycles. The van der Waals surface area contributed by atoms with Crippen molar-refractivity contribution in [3.05, 3.63) is 35.2 Å². The van der Waals surface area contributed by atoms with E-state index < -0.39 is 0 Å². The van der Waals surface area contributed by atoms with Crippen molar-refractivity contribution >= 4 is 17.4 Å². The number of ether oxygens (including phenoxy) is 1. The SMILES string of the molecule is CCn1c(CNc2ccc(C)cc2C)nnc1SCC[NH+]1CCOCC1. The molecule has 0 amide bonds. The number of benzene rings is 1. The lowest BCUT2D eigenvalue weighted by Gasteiger charge is -2.23. The molecule has 2 heterocycles. The monoisotopic (exact) mass is 376 g/mol. The molecule has 0 bridgehead atoms. The molecule has 1 aliphatic heterocycles. The molecule has 2 N–H and O–H groups in total. The van der Waals surface area contributed by atoms with Gasteiger partial charge in [-0.3, -0.25) is 0 Å². The minimum absolute atomic E-state index is 0.694. The Kier molecular flexibility index (Phi) is 6.93. The average molecular weight is 377 g/mol. The molecule has 1 aromatic carbocycles. The highest BCUT2D eigenvalue weighted by molar-refractivity contribution is 7.99. The van der Waals surface area contributed by atoms with Crippen LogP contribution in [0.2, 0.25) is 0 Å². The molecule has 0 saturated carbocycles. The smallest absolute Gasteiger partial charge is 0.191 e. The maximum Gasteiger partial charge on any atom is 0.191 e. The number of quaternary nitrogens is 1. The zero-order chi connectivity index (χ0) is 18.4. The first kappa shape index (κ1) is 19.2. The summed E-state index contributed by atoms with van der Waals surface area (Å²) in [7, 11) is 0. The van der Waals surface area contributed by atoms with Crippen LogP contribution in [-0.4, -0.2) is 53.4 Å². The molecule has 26 heavy (non-hydrogen) atoms. The van der Waals surface area contributed by atoms with Gasteiger partial charge in [0.2, 0.25) is 0 Å². The Morgan fingerprint density at radius 3 is 2.77 bits per heavy atom. The zero-order valence-electron chi connectivity index (χ0n) is 16.0. The third kappa shape index (κ3) is 4.99. The molecule has 2 aromatic rings. The van der Waals surface area contributed by atoms with Crippen LogP contribution in [-0.2, 0) is 17.8 Å². The molecule has 0 aliphatic carbocycles. The predicted octanol–water partition coefficient (Wildman–Crippen LogP) is 1.53. The minimum atomic E-state index is 0.694. The van der Waals surface area contributed by atoms with Gasteiger partial charge in [-0.2, -0.15) is 0 Å². The lowest BCUT2D eigenvalue weighted by atomic mass is 10.1. The summed E-state index contributed by atoms with van der Waals surface area (Å²) in [5.41, 5.74) is 3.70. The third-order valence-electron chi connectivity index (χ3n) is 4.82.